The summed E-state index contributed by atoms with van der Waals surface area (Å²) in [6.07, 6.45) is 0. The van der Waals surface area contributed by atoms with E-state index in [-0.39, 0.29) is 0 Å². The lowest BCUT2D eigenvalue weighted by molar-refractivity contribution is 1.45. The molecule has 0 spiro atoms. The molecule has 76 valence electrons. The molecule has 0 saturated heterocycles. The van der Waals surface area contributed by atoms with Crippen molar-refractivity contribution in [2.75, 3.05) is 0 Å². The number of rotatable bonds is 0. The molecule has 0 unspecified atom stereocenters. The fourth-order valence-corrected chi connectivity index (χ4v) is 1.94. The lowest BCUT2D eigenvalue weighted by atomic mass is 10.0. The monoisotopic (exact) mass is 246 g/mol. The van der Waals surface area contributed by atoms with Crippen LogP contribution in [0.1, 0.15) is 11.1 Å². The Labute approximate surface area is 102 Å². The van der Waals surface area contributed by atoms with Crippen LogP contribution >= 0.6 is 23.2 Å². The van der Waals surface area contributed by atoms with Crippen LogP contribution in [0.25, 0.3) is 10.8 Å². The smallest absolute Gasteiger partial charge is 0.101 e. The Kier molecular flexibility index (Phi) is 2.71. The summed E-state index contributed by atoms with van der Waals surface area (Å²) in [7, 11) is 0. The zero-order valence-corrected chi connectivity index (χ0v) is 9.47. The summed E-state index contributed by atoms with van der Waals surface area (Å²) >= 11 is 12.0. The molecule has 0 amide bonds. The quantitative estimate of drug-likeness (QED) is 0.708. The van der Waals surface area contributed by atoms with Gasteiger partial charge in [-0.2, -0.15) is 10.5 Å². The van der Waals surface area contributed by atoms with Crippen molar-refractivity contribution in [2.24, 2.45) is 0 Å². The molecule has 0 heterocycles. The molecule has 0 aliphatic heterocycles. The Morgan fingerprint density at radius 3 is 1.50 bits per heavy atom. The highest BCUT2D eigenvalue weighted by atomic mass is 35.5. The lowest BCUT2D eigenvalue weighted by Crippen LogP contribution is -1.86. The van der Waals surface area contributed by atoms with Gasteiger partial charge in [-0.1, -0.05) is 23.2 Å². The number of hydrogen-bond acceptors (Lipinski definition) is 2. The van der Waals surface area contributed by atoms with Crippen molar-refractivity contribution < 1.29 is 0 Å². The average molecular weight is 247 g/mol. The summed E-state index contributed by atoms with van der Waals surface area (Å²) in [5, 5.41) is 20.2. The van der Waals surface area contributed by atoms with Crippen LogP contribution in [0.2, 0.25) is 10.0 Å². The summed E-state index contributed by atoms with van der Waals surface area (Å²) in [6.45, 7) is 0. The van der Waals surface area contributed by atoms with Gasteiger partial charge in [0.1, 0.15) is 12.1 Å². The summed E-state index contributed by atoms with van der Waals surface area (Å²) < 4.78 is 0. The molecule has 2 aromatic carbocycles. The van der Waals surface area contributed by atoms with Gasteiger partial charge in [0.2, 0.25) is 0 Å². The molecule has 0 N–H and O–H groups in total. The van der Waals surface area contributed by atoms with Gasteiger partial charge < -0.3 is 0 Å². The molecular formula is C12H4Cl2N2. The first-order chi connectivity index (χ1) is 7.67. The van der Waals surface area contributed by atoms with E-state index in [1.807, 2.05) is 12.1 Å². The molecule has 0 saturated carbocycles. The van der Waals surface area contributed by atoms with E-state index in [1.54, 1.807) is 24.3 Å². The van der Waals surface area contributed by atoms with E-state index in [0.29, 0.717) is 31.9 Å². The van der Waals surface area contributed by atoms with Crippen molar-refractivity contribution in [2.45, 2.75) is 0 Å². The van der Waals surface area contributed by atoms with Crippen molar-refractivity contribution in [1.29, 1.82) is 10.5 Å². The molecule has 0 bridgehead atoms. The molecule has 0 aliphatic carbocycles. The number of benzene rings is 2. The molecule has 2 aromatic rings. The Morgan fingerprint density at radius 1 is 0.812 bits per heavy atom. The maximum atomic E-state index is 8.89. The number of halogens is 2. The van der Waals surface area contributed by atoms with Crippen LogP contribution in [0.4, 0.5) is 0 Å². The number of fused-ring (bicyclic) bond motifs is 1. The molecule has 2 rings (SSSR count). The first kappa shape index (κ1) is 10.8. The Hall–Kier alpha value is -1.74. The van der Waals surface area contributed by atoms with E-state index in [2.05, 4.69) is 0 Å². The van der Waals surface area contributed by atoms with Crippen molar-refractivity contribution in [3.63, 3.8) is 0 Å². The molecule has 0 aliphatic rings. The highest BCUT2D eigenvalue weighted by Crippen LogP contribution is 2.31. The third-order valence-corrected chi connectivity index (χ3v) is 2.95. The van der Waals surface area contributed by atoms with E-state index in [1.165, 1.54) is 0 Å². The molecule has 0 radical (unpaired) electrons. The van der Waals surface area contributed by atoms with Gasteiger partial charge in [0.25, 0.3) is 0 Å². The fourth-order valence-electron chi connectivity index (χ4n) is 1.51. The van der Waals surface area contributed by atoms with Gasteiger partial charge in [-0.3, -0.25) is 0 Å². The van der Waals surface area contributed by atoms with Crippen molar-refractivity contribution in [1.82, 2.24) is 0 Å². The predicted molar refractivity (Wildman–Crippen MR) is 63.4 cm³/mol. The minimum absolute atomic E-state index is 0.305. The zero-order valence-electron chi connectivity index (χ0n) is 7.96. The molecule has 4 heteroatoms. The number of nitrogens with zero attached hydrogens (tertiary/aromatic N) is 2. The van der Waals surface area contributed by atoms with Crippen LogP contribution in [-0.4, -0.2) is 0 Å². The van der Waals surface area contributed by atoms with E-state index >= 15 is 0 Å². The average Bonchev–Trinajstić information content (AvgIpc) is 2.32. The van der Waals surface area contributed by atoms with Crippen LogP contribution in [0, 0.1) is 22.7 Å². The van der Waals surface area contributed by atoms with Gasteiger partial charge >= 0.3 is 0 Å². The second-order valence-electron chi connectivity index (χ2n) is 3.20. The van der Waals surface area contributed by atoms with Crippen LogP contribution in [0.5, 0.6) is 0 Å². The number of nitriles is 2. The van der Waals surface area contributed by atoms with Gasteiger partial charge in [0.05, 0.1) is 11.1 Å². The van der Waals surface area contributed by atoms with Crippen LogP contribution in [0.3, 0.4) is 0 Å². The van der Waals surface area contributed by atoms with Crippen LogP contribution in [0.15, 0.2) is 24.3 Å². The van der Waals surface area contributed by atoms with Crippen LogP contribution < -0.4 is 0 Å². The summed E-state index contributed by atoms with van der Waals surface area (Å²) in [4.78, 5) is 0. The molecule has 2 nitrogen and oxygen atoms in total. The maximum Gasteiger partial charge on any atom is 0.101 e. The van der Waals surface area contributed by atoms with Gasteiger partial charge in [-0.25, -0.2) is 0 Å². The van der Waals surface area contributed by atoms with Gasteiger partial charge in [-0.05, 0) is 24.3 Å². The Balaban J connectivity index is 2.96. The molecular weight excluding hydrogens is 243 g/mol. The minimum atomic E-state index is 0.305. The topological polar surface area (TPSA) is 47.6 Å². The first-order valence-electron chi connectivity index (χ1n) is 4.39. The van der Waals surface area contributed by atoms with Crippen molar-refractivity contribution in [3.05, 3.63) is 45.4 Å². The van der Waals surface area contributed by atoms with Gasteiger partial charge in [-0.15, -0.1) is 0 Å². The molecule has 0 fully saturated rings. The van der Waals surface area contributed by atoms with E-state index in [9.17, 15) is 0 Å². The van der Waals surface area contributed by atoms with Gasteiger partial charge in [0.15, 0.2) is 0 Å². The fraction of sp³-hybridized carbons (Fsp3) is 0. The largest absolute Gasteiger partial charge is 0.192 e. The van der Waals surface area contributed by atoms with E-state index < -0.39 is 0 Å². The Bertz CT molecular complexity index is 605. The second-order valence-corrected chi connectivity index (χ2v) is 4.01. The van der Waals surface area contributed by atoms with Gasteiger partial charge in [0, 0.05) is 20.8 Å². The standard InChI is InChI=1S/C12H4Cl2N2/c13-11-1-2-12(14)10-4-8(6-16)7(5-15)3-9(10)11/h1-4H. The van der Waals surface area contributed by atoms with Crippen molar-refractivity contribution >= 4 is 34.0 Å². The van der Waals surface area contributed by atoms with Crippen LogP contribution in [-0.2, 0) is 0 Å². The lowest BCUT2D eigenvalue weighted by Gasteiger charge is -2.04. The first-order valence-corrected chi connectivity index (χ1v) is 5.15. The second kappa shape index (κ2) is 4.02. The SMILES string of the molecule is N#Cc1cc2c(Cl)ccc(Cl)c2cc1C#N. The molecule has 16 heavy (non-hydrogen) atoms. The molecule has 0 atom stereocenters. The number of hydrogen-bond donors (Lipinski definition) is 0. The third-order valence-electron chi connectivity index (χ3n) is 2.29. The Morgan fingerprint density at radius 2 is 1.19 bits per heavy atom. The van der Waals surface area contributed by atoms with Crippen molar-refractivity contribution in [3.8, 4) is 12.1 Å². The summed E-state index contributed by atoms with van der Waals surface area (Å²) in [5.74, 6) is 0. The highest BCUT2D eigenvalue weighted by molar-refractivity contribution is 6.40. The van der Waals surface area contributed by atoms with E-state index in [0.717, 1.165) is 0 Å². The summed E-state index contributed by atoms with van der Waals surface area (Å²) in [6, 6.07) is 10.4. The third kappa shape index (κ3) is 1.59. The predicted octanol–water partition coefficient (Wildman–Crippen LogP) is 3.89. The highest BCUT2D eigenvalue weighted by Gasteiger charge is 2.09. The van der Waals surface area contributed by atoms with E-state index in [4.69, 9.17) is 33.7 Å². The summed E-state index contributed by atoms with van der Waals surface area (Å²) in [5.41, 5.74) is 0.610. The maximum absolute atomic E-state index is 8.89. The molecule has 0 aromatic heterocycles. The normalized spacial score (nSPS) is 9.75. The zero-order chi connectivity index (χ0) is 11.7. The minimum Gasteiger partial charge on any atom is -0.192 e.